The van der Waals surface area contributed by atoms with E-state index in [0.29, 0.717) is 0 Å². The van der Waals surface area contributed by atoms with Crippen LogP contribution in [0.2, 0.25) is 5.02 Å². The molecular formula is C11H13ClN2S2. The van der Waals surface area contributed by atoms with Gasteiger partial charge in [-0.05, 0) is 42.1 Å². The van der Waals surface area contributed by atoms with Crippen LogP contribution in [0.5, 0.6) is 0 Å². The molecule has 86 valence electrons. The molecule has 0 atom stereocenters. The lowest BCUT2D eigenvalue weighted by molar-refractivity contribution is 1.22. The van der Waals surface area contributed by atoms with Crippen molar-refractivity contribution in [1.82, 2.24) is 9.36 Å². The molecule has 2 nitrogen and oxygen atoms in total. The van der Waals surface area contributed by atoms with E-state index < -0.39 is 0 Å². The van der Waals surface area contributed by atoms with Crippen molar-refractivity contribution in [2.24, 2.45) is 0 Å². The van der Waals surface area contributed by atoms with Crippen LogP contribution < -0.4 is 0 Å². The molecule has 2 rings (SSSR count). The Hall–Kier alpha value is -0.580. The summed E-state index contributed by atoms with van der Waals surface area (Å²) in [5, 5.41) is 0.731. The van der Waals surface area contributed by atoms with Crippen molar-refractivity contribution in [3.05, 3.63) is 29.3 Å². The molecule has 2 aromatic rings. The topological polar surface area (TPSA) is 25.8 Å². The number of hydrogen-bond acceptors (Lipinski definition) is 4. The van der Waals surface area contributed by atoms with E-state index in [-0.39, 0.29) is 0 Å². The Morgan fingerprint density at radius 2 is 1.81 bits per heavy atom. The second-order valence-electron chi connectivity index (χ2n) is 2.59. The Morgan fingerprint density at radius 3 is 2.31 bits per heavy atom. The summed E-state index contributed by atoms with van der Waals surface area (Å²) in [5.74, 6) is 0.774. The first kappa shape index (κ1) is 13.5. The first-order valence-electron chi connectivity index (χ1n) is 4.93. The average molecular weight is 273 g/mol. The summed E-state index contributed by atoms with van der Waals surface area (Å²) < 4.78 is 5.24. The van der Waals surface area contributed by atoms with Crippen LogP contribution in [0.25, 0.3) is 11.4 Å². The molecule has 0 radical (unpaired) electrons. The summed E-state index contributed by atoms with van der Waals surface area (Å²) in [7, 11) is 0. The highest BCUT2D eigenvalue weighted by molar-refractivity contribution is 8.00. The van der Waals surface area contributed by atoms with Crippen molar-refractivity contribution in [1.29, 1.82) is 0 Å². The van der Waals surface area contributed by atoms with E-state index >= 15 is 0 Å². The highest BCUT2D eigenvalue weighted by Crippen LogP contribution is 2.24. The number of nitrogens with zero attached hydrogens (tertiary/aromatic N) is 2. The zero-order valence-electron chi connectivity index (χ0n) is 9.40. The van der Waals surface area contributed by atoms with Crippen molar-refractivity contribution < 1.29 is 0 Å². The van der Waals surface area contributed by atoms with Crippen LogP contribution in [0, 0.1) is 0 Å². The maximum absolute atomic E-state index is 5.79. The van der Waals surface area contributed by atoms with E-state index in [9.17, 15) is 0 Å². The molecule has 0 N–H and O–H groups in total. The van der Waals surface area contributed by atoms with Gasteiger partial charge >= 0.3 is 0 Å². The normalized spacial score (nSPS) is 9.50. The maximum atomic E-state index is 5.79. The monoisotopic (exact) mass is 272 g/mol. The van der Waals surface area contributed by atoms with Crippen LogP contribution in [-0.4, -0.2) is 15.6 Å². The number of benzene rings is 1. The molecule has 16 heavy (non-hydrogen) atoms. The Bertz CT molecular complexity index is 426. The number of halogens is 1. The van der Waals surface area contributed by atoms with E-state index in [1.807, 2.05) is 44.4 Å². The summed E-state index contributed by atoms with van der Waals surface area (Å²) in [6, 6.07) is 7.54. The lowest BCUT2D eigenvalue weighted by Crippen LogP contribution is -1.79. The zero-order chi connectivity index (χ0) is 12.0. The molecule has 1 aromatic heterocycles. The van der Waals surface area contributed by atoms with E-state index in [2.05, 4.69) is 9.36 Å². The highest BCUT2D eigenvalue weighted by atomic mass is 35.5. The summed E-state index contributed by atoms with van der Waals surface area (Å²) in [5.41, 5.74) is 1.01. The lowest BCUT2D eigenvalue weighted by Gasteiger charge is -1.93. The molecule has 0 aliphatic carbocycles. The van der Waals surface area contributed by atoms with Gasteiger partial charge in [0.2, 0.25) is 0 Å². The number of rotatable bonds is 2. The molecule has 0 saturated heterocycles. The number of thioether (sulfide) groups is 1. The minimum Gasteiger partial charge on any atom is -0.208 e. The predicted molar refractivity (Wildman–Crippen MR) is 73.5 cm³/mol. The zero-order valence-corrected chi connectivity index (χ0v) is 11.8. The van der Waals surface area contributed by atoms with Crippen LogP contribution in [0.3, 0.4) is 0 Å². The third kappa shape index (κ3) is 3.47. The van der Waals surface area contributed by atoms with Gasteiger partial charge in [0.15, 0.2) is 10.2 Å². The van der Waals surface area contributed by atoms with Crippen molar-refractivity contribution in [3.8, 4) is 11.4 Å². The average Bonchev–Trinajstić information content (AvgIpc) is 2.81. The molecular weight excluding hydrogens is 260 g/mol. The molecule has 0 bridgehead atoms. The smallest absolute Gasteiger partial charge is 0.174 e. The van der Waals surface area contributed by atoms with Gasteiger partial charge in [0.05, 0.1) is 0 Å². The number of aromatic nitrogens is 2. The van der Waals surface area contributed by atoms with Crippen LogP contribution in [0.4, 0.5) is 0 Å². The first-order valence-corrected chi connectivity index (χ1v) is 7.31. The van der Waals surface area contributed by atoms with Gasteiger partial charge in [0.1, 0.15) is 0 Å². The second-order valence-corrected chi connectivity index (χ2v) is 4.84. The van der Waals surface area contributed by atoms with Crippen LogP contribution in [0.1, 0.15) is 13.8 Å². The standard InChI is InChI=1S/C9H7ClN2S2.C2H6/c1-13-9-11-8(12-14-9)6-2-4-7(10)5-3-6;1-2/h2-5H,1H3;1-2H3. The molecule has 1 aromatic carbocycles. The maximum Gasteiger partial charge on any atom is 0.174 e. The summed E-state index contributed by atoms with van der Waals surface area (Å²) in [6.07, 6.45) is 1.99. The fraction of sp³-hybridized carbons (Fsp3) is 0.273. The second kappa shape index (κ2) is 6.89. The van der Waals surface area contributed by atoms with Crippen molar-refractivity contribution in [2.75, 3.05) is 6.26 Å². The Labute approximate surface area is 109 Å². The van der Waals surface area contributed by atoms with E-state index in [1.165, 1.54) is 11.5 Å². The molecule has 0 aliphatic heterocycles. The Morgan fingerprint density at radius 1 is 1.19 bits per heavy atom. The molecule has 0 unspecified atom stereocenters. The Balaban J connectivity index is 0.000000606. The third-order valence-corrected chi connectivity index (χ3v) is 3.61. The third-order valence-electron chi connectivity index (χ3n) is 1.68. The van der Waals surface area contributed by atoms with Crippen molar-refractivity contribution in [3.63, 3.8) is 0 Å². The van der Waals surface area contributed by atoms with Gasteiger partial charge < -0.3 is 0 Å². The summed E-state index contributed by atoms with van der Waals surface area (Å²) >= 11 is 8.81. The first-order chi connectivity index (χ1) is 7.79. The van der Waals surface area contributed by atoms with Gasteiger partial charge in [0.25, 0.3) is 0 Å². The molecule has 0 aliphatic rings. The minimum absolute atomic E-state index is 0.731. The number of hydrogen-bond donors (Lipinski definition) is 0. The molecule has 5 heteroatoms. The summed E-state index contributed by atoms with van der Waals surface area (Å²) in [6.45, 7) is 4.00. The minimum atomic E-state index is 0.731. The van der Waals surface area contributed by atoms with Crippen LogP contribution in [-0.2, 0) is 0 Å². The van der Waals surface area contributed by atoms with Gasteiger partial charge in [-0.25, -0.2) is 4.98 Å². The van der Waals surface area contributed by atoms with Gasteiger partial charge in [-0.2, -0.15) is 4.37 Å². The van der Waals surface area contributed by atoms with Gasteiger partial charge in [-0.1, -0.05) is 37.2 Å². The largest absolute Gasteiger partial charge is 0.208 e. The quantitative estimate of drug-likeness (QED) is 0.747. The molecule has 0 spiro atoms. The molecule has 0 fully saturated rings. The molecule has 0 saturated carbocycles. The predicted octanol–water partition coefficient (Wildman–Crippen LogP) is 4.61. The van der Waals surface area contributed by atoms with Gasteiger partial charge in [-0.3, -0.25) is 0 Å². The molecule has 1 heterocycles. The van der Waals surface area contributed by atoms with E-state index in [4.69, 9.17) is 11.6 Å². The lowest BCUT2D eigenvalue weighted by atomic mass is 10.2. The fourth-order valence-electron chi connectivity index (χ4n) is 1.01. The van der Waals surface area contributed by atoms with Crippen LogP contribution >= 0.6 is 34.9 Å². The van der Waals surface area contributed by atoms with Crippen LogP contribution in [0.15, 0.2) is 28.6 Å². The van der Waals surface area contributed by atoms with Crippen molar-refractivity contribution in [2.45, 2.75) is 18.2 Å². The van der Waals surface area contributed by atoms with Gasteiger partial charge in [-0.15, -0.1) is 0 Å². The van der Waals surface area contributed by atoms with E-state index in [0.717, 1.165) is 20.8 Å². The van der Waals surface area contributed by atoms with E-state index in [1.54, 1.807) is 11.8 Å². The Kier molecular flexibility index (Phi) is 5.80. The fourth-order valence-corrected chi connectivity index (χ4v) is 2.16. The van der Waals surface area contributed by atoms with Gasteiger partial charge in [0, 0.05) is 10.6 Å². The molecule has 0 amide bonds. The van der Waals surface area contributed by atoms with Crippen molar-refractivity contribution >= 4 is 34.9 Å². The SMILES string of the molecule is CC.CSc1nc(-c2ccc(Cl)cc2)ns1. The highest BCUT2D eigenvalue weighted by Gasteiger charge is 2.04. The summed E-state index contributed by atoms with van der Waals surface area (Å²) in [4.78, 5) is 4.36.